The number of hydrogen-bond acceptors (Lipinski definition) is 3. The van der Waals surface area contributed by atoms with Crippen LogP contribution < -0.4 is 10.6 Å². The number of benzene rings is 1. The Hall–Kier alpha value is -1.80. The number of carbonyl (C=O) groups is 1. The number of halogens is 3. The number of fused-ring (bicyclic) bond motifs is 1. The van der Waals surface area contributed by atoms with Gasteiger partial charge in [0.15, 0.2) is 0 Å². The highest BCUT2D eigenvalue weighted by Gasteiger charge is 2.34. The monoisotopic (exact) mass is 345 g/mol. The molecule has 24 heavy (non-hydrogen) atoms. The zero-order valence-corrected chi connectivity index (χ0v) is 13.5. The minimum absolute atomic E-state index is 0.160. The summed E-state index contributed by atoms with van der Waals surface area (Å²) in [6, 6.07) is 4.78. The van der Waals surface area contributed by atoms with Crippen molar-refractivity contribution in [2.75, 3.05) is 18.4 Å². The molecule has 1 aliphatic heterocycles. The van der Waals surface area contributed by atoms with E-state index in [1.807, 2.05) is 0 Å². The van der Waals surface area contributed by atoms with Gasteiger partial charge in [0, 0.05) is 25.3 Å². The van der Waals surface area contributed by atoms with Gasteiger partial charge in [-0.05, 0) is 37.0 Å². The van der Waals surface area contributed by atoms with Gasteiger partial charge in [0.2, 0.25) is 0 Å². The Morgan fingerprint density at radius 2 is 2.12 bits per heavy atom. The van der Waals surface area contributed by atoms with Crippen molar-refractivity contribution in [3.05, 3.63) is 29.3 Å². The zero-order valence-electron chi connectivity index (χ0n) is 13.5. The molecule has 3 N–H and O–H groups in total. The third kappa shape index (κ3) is 5.68. The molecule has 0 saturated heterocycles. The molecule has 1 heterocycles. The lowest BCUT2D eigenvalue weighted by molar-refractivity contribution is -0.146. The molecule has 1 aromatic carbocycles. The van der Waals surface area contributed by atoms with Crippen molar-refractivity contribution in [3.8, 4) is 0 Å². The largest absolute Gasteiger partial charge is 0.401 e. The van der Waals surface area contributed by atoms with Gasteiger partial charge in [-0.3, -0.25) is 4.90 Å². The third-order valence-electron chi connectivity index (χ3n) is 3.78. The average Bonchev–Trinajstić information content (AvgIpc) is 2.84. The maximum Gasteiger partial charge on any atom is 0.401 e. The molecule has 0 saturated carbocycles. The number of amides is 2. The Balaban J connectivity index is 1.90. The molecule has 134 valence electrons. The van der Waals surface area contributed by atoms with Crippen molar-refractivity contribution in [1.82, 2.24) is 10.2 Å². The lowest BCUT2D eigenvalue weighted by Crippen LogP contribution is -2.31. The van der Waals surface area contributed by atoms with Gasteiger partial charge in [-0.15, -0.1) is 0 Å². The quantitative estimate of drug-likeness (QED) is 0.695. The van der Waals surface area contributed by atoms with Gasteiger partial charge < -0.3 is 15.7 Å². The van der Waals surface area contributed by atoms with Crippen LogP contribution in [0.4, 0.5) is 23.7 Å². The molecule has 0 aromatic heterocycles. The first kappa shape index (κ1) is 18.5. The van der Waals surface area contributed by atoms with E-state index in [0.29, 0.717) is 25.1 Å². The van der Waals surface area contributed by atoms with E-state index in [1.54, 1.807) is 25.1 Å². The fourth-order valence-corrected chi connectivity index (χ4v) is 2.74. The summed E-state index contributed by atoms with van der Waals surface area (Å²) >= 11 is 0. The Morgan fingerprint density at radius 1 is 1.38 bits per heavy atom. The first-order chi connectivity index (χ1) is 11.2. The van der Waals surface area contributed by atoms with Gasteiger partial charge >= 0.3 is 12.2 Å². The highest BCUT2D eigenvalue weighted by atomic mass is 19.4. The fraction of sp³-hybridized carbons (Fsp3) is 0.562. The number of hydrogen-bond donors (Lipinski definition) is 3. The second-order valence-corrected chi connectivity index (χ2v) is 6.08. The minimum Gasteiger partial charge on any atom is -0.393 e. The summed E-state index contributed by atoms with van der Waals surface area (Å²) in [6.45, 7) is 1.52. The molecule has 2 amide bonds. The second kappa shape index (κ2) is 7.85. The Labute approximate surface area is 138 Å². The molecule has 0 radical (unpaired) electrons. The highest BCUT2D eigenvalue weighted by molar-refractivity contribution is 5.90. The molecule has 8 heteroatoms. The van der Waals surface area contributed by atoms with Gasteiger partial charge in [-0.2, -0.15) is 13.2 Å². The normalized spacial score (nSPS) is 15.9. The van der Waals surface area contributed by atoms with Crippen LogP contribution in [0.15, 0.2) is 18.2 Å². The van der Waals surface area contributed by atoms with Crippen LogP contribution >= 0.6 is 0 Å². The molecule has 1 aromatic rings. The molecular formula is C16H22F3N3O2. The van der Waals surface area contributed by atoms with Crippen molar-refractivity contribution in [2.45, 2.75) is 45.1 Å². The molecule has 2 rings (SSSR count). The summed E-state index contributed by atoms with van der Waals surface area (Å²) in [7, 11) is 0. The number of aliphatic hydroxyl groups is 1. The number of carbonyl (C=O) groups excluding carboxylic acids is 1. The molecular weight excluding hydrogens is 323 g/mol. The molecule has 1 aliphatic rings. The maximum absolute atomic E-state index is 12.5. The number of anilines is 1. The highest BCUT2D eigenvalue weighted by Crippen LogP contribution is 2.31. The van der Waals surface area contributed by atoms with E-state index in [0.717, 1.165) is 11.1 Å². The van der Waals surface area contributed by atoms with Crippen LogP contribution in [0, 0.1) is 0 Å². The van der Waals surface area contributed by atoms with Crippen LogP contribution in [-0.4, -0.2) is 41.4 Å². The Morgan fingerprint density at radius 3 is 2.79 bits per heavy atom. The van der Waals surface area contributed by atoms with Gasteiger partial charge in [0.05, 0.1) is 12.6 Å². The smallest absolute Gasteiger partial charge is 0.393 e. The lowest BCUT2D eigenvalue weighted by atomic mass is 10.1. The SMILES string of the molecule is C[C@H](O)CCCNC(=O)Nc1cccc2c1CN(CC(F)(F)F)C2. The molecule has 1 atom stereocenters. The first-order valence-corrected chi connectivity index (χ1v) is 7.87. The topological polar surface area (TPSA) is 64.6 Å². The lowest BCUT2D eigenvalue weighted by Gasteiger charge is -2.17. The van der Waals surface area contributed by atoms with Gasteiger partial charge in [-0.1, -0.05) is 12.1 Å². The number of alkyl halides is 3. The van der Waals surface area contributed by atoms with E-state index in [2.05, 4.69) is 10.6 Å². The fourth-order valence-electron chi connectivity index (χ4n) is 2.74. The molecule has 0 spiro atoms. The average molecular weight is 345 g/mol. The van der Waals surface area contributed by atoms with Crippen molar-refractivity contribution in [3.63, 3.8) is 0 Å². The van der Waals surface area contributed by atoms with Crippen LogP contribution in [0.2, 0.25) is 0 Å². The van der Waals surface area contributed by atoms with E-state index in [1.165, 1.54) is 4.90 Å². The van der Waals surface area contributed by atoms with Crippen molar-refractivity contribution < 1.29 is 23.1 Å². The standard InChI is InChI=1S/C16H22F3N3O2/c1-11(23)4-3-7-20-15(24)21-14-6-2-5-12-8-22(9-13(12)14)10-16(17,18)19/h2,5-6,11,23H,3-4,7-10H2,1H3,(H2,20,21,24)/t11-/m0/s1. The van der Waals surface area contributed by atoms with E-state index < -0.39 is 24.9 Å². The summed E-state index contributed by atoms with van der Waals surface area (Å²) in [4.78, 5) is 13.2. The third-order valence-corrected chi connectivity index (χ3v) is 3.78. The van der Waals surface area contributed by atoms with Crippen LogP contribution in [-0.2, 0) is 13.1 Å². The maximum atomic E-state index is 12.5. The number of urea groups is 1. The summed E-state index contributed by atoms with van der Waals surface area (Å²) in [5, 5.41) is 14.5. The van der Waals surface area contributed by atoms with Crippen LogP contribution in [0.1, 0.15) is 30.9 Å². The van der Waals surface area contributed by atoms with Crippen LogP contribution in [0.3, 0.4) is 0 Å². The van der Waals surface area contributed by atoms with Crippen molar-refractivity contribution >= 4 is 11.7 Å². The zero-order chi connectivity index (χ0) is 17.7. The van der Waals surface area contributed by atoms with E-state index in [9.17, 15) is 18.0 Å². The van der Waals surface area contributed by atoms with Gasteiger partial charge in [0.25, 0.3) is 0 Å². The number of nitrogens with one attached hydrogen (secondary N) is 2. The predicted octanol–water partition coefficient (Wildman–Crippen LogP) is 2.85. The first-order valence-electron chi connectivity index (χ1n) is 7.87. The number of aliphatic hydroxyl groups excluding tert-OH is 1. The molecule has 0 aliphatic carbocycles. The number of nitrogens with zero attached hydrogens (tertiary/aromatic N) is 1. The van der Waals surface area contributed by atoms with Crippen molar-refractivity contribution in [1.29, 1.82) is 0 Å². The van der Waals surface area contributed by atoms with Crippen LogP contribution in [0.25, 0.3) is 0 Å². The van der Waals surface area contributed by atoms with E-state index >= 15 is 0 Å². The number of rotatable bonds is 6. The Bertz CT molecular complexity index is 576. The minimum atomic E-state index is -4.24. The molecule has 0 unspecified atom stereocenters. The van der Waals surface area contributed by atoms with Gasteiger partial charge in [-0.25, -0.2) is 4.79 Å². The predicted molar refractivity (Wildman–Crippen MR) is 84.5 cm³/mol. The van der Waals surface area contributed by atoms with E-state index in [4.69, 9.17) is 5.11 Å². The molecule has 5 nitrogen and oxygen atoms in total. The second-order valence-electron chi connectivity index (χ2n) is 6.08. The summed E-state index contributed by atoms with van der Waals surface area (Å²) < 4.78 is 37.6. The van der Waals surface area contributed by atoms with Gasteiger partial charge in [0.1, 0.15) is 0 Å². The van der Waals surface area contributed by atoms with Crippen LogP contribution in [0.5, 0.6) is 0 Å². The van der Waals surface area contributed by atoms with E-state index in [-0.39, 0.29) is 13.1 Å². The summed E-state index contributed by atoms with van der Waals surface area (Å²) in [5.41, 5.74) is 2.05. The molecule has 0 fully saturated rings. The summed E-state index contributed by atoms with van der Waals surface area (Å²) in [5.74, 6) is 0. The summed E-state index contributed by atoms with van der Waals surface area (Å²) in [6.07, 6.45) is -3.41. The molecule has 0 bridgehead atoms. The Kier molecular flexibility index (Phi) is 6.06. The van der Waals surface area contributed by atoms with Crippen molar-refractivity contribution in [2.24, 2.45) is 0 Å².